The predicted molar refractivity (Wildman–Crippen MR) is 92.9 cm³/mol. The van der Waals surface area contributed by atoms with Crippen molar-refractivity contribution < 1.29 is 8.81 Å². The Kier molecular flexibility index (Phi) is 3.93. The summed E-state index contributed by atoms with van der Waals surface area (Å²) in [5, 5.41) is 9.21. The number of oxazole rings is 1. The molecule has 0 aliphatic carbocycles. The number of imidazole rings is 1. The van der Waals surface area contributed by atoms with Crippen LogP contribution in [0.3, 0.4) is 0 Å². The van der Waals surface area contributed by atoms with Crippen LogP contribution in [0, 0.1) is 11.3 Å². The van der Waals surface area contributed by atoms with Crippen LogP contribution in [-0.4, -0.2) is 25.5 Å². The summed E-state index contributed by atoms with van der Waals surface area (Å²) in [4.78, 5) is 12.9. The second-order valence-electron chi connectivity index (χ2n) is 5.92. The first-order valence-corrected chi connectivity index (χ1v) is 8.07. The zero-order valence-corrected chi connectivity index (χ0v) is 13.9. The van der Waals surface area contributed by atoms with Gasteiger partial charge in [-0.25, -0.2) is 19.3 Å². The van der Waals surface area contributed by atoms with Gasteiger partial charge in [0.25, 0.3) is 0 Å². The van der Waals surface area contributed by atoms with Crippen LogP contribution < -0.4 is 0 Å². The summed E-state index contributed by atoms with van der Waals surface area (Å²) in [6.45, 7) is 1.46. The molecule has 4 aromatic heterocycles. The van der Waals surface area contributed by atoms with E-state index in [0.29, 0.717) is 28.6 Å². The average molecular weight is 347 g/mol. The maximum absolute atomic E-state index is 13.2. The lowest BCUT2D eigenvalue weighted by Gasteiger charge is -2.08. The van der Waals surface area contributed by atoms with Gasteiger partial charge in [-0.15, -0.1) is 0 Å². The van der Waals surface area contributed by atoms with Gasteiger partial charge in [0.2, 0.25) is 0 Å². The molecule has 0 amide bonds. The Balaban J connectivity index is 1.84. The molecule has 0 aromatic carbocycles. The van der Waals surface area contributed by atoms with Gasteiger partial charge in [-0.05, 0) is 31.2 Å². The van der Waals surface area contributed by atoms with E-state index in [2.05, 4.69) is 21.0 Å². The molecule has 1 unspecified atom stereocenters. The van der Waals surface area contributed by atoms with Gasteiger partial charge in [-0.3, -0.25) is 0 Å². The number of hydrogen-bond acceptors (Lipinski definition) is 5. The number of halogens is 1. The van der Waals surface area contributed by atoms with Crippen molar-refractivity contribution in [3.8, 4) is 28.7 Å². The lowest BCUT2D eigenvalue weighted by atomic mass is 10.0. The summed E-state index contributed by atoms with van der Waals surface area (Å²) in [7, 11) is 0. The second kappa shape index (κ2) is 6.41. The number of alkyl halides is 1. The molecule has 1 atom stereocenters. The maximum atomic E-state index is 13.2. The smallest absolute Gasteiger partial charge is 0.197 e. The van der Waals surface area contributed by atoms with E-state index in [4.69, 9.17) is 4.42 Å². The number of aromatic nitrogens is 4. The van der Waals surface area contributed by atoms with Crippen molar-refractivity contribution >= 4 is 5.65 Å². The fourth-order valence-electron chi connectivity index (χ4n) is 2.77. The normalized spacial score (nSPS) is 12.2. The van der Waals surface area contributed by atoms with Gasteiger partial charge in [0.05, 0.1) is 18.3 Å². The molecule has 0 N–H and O–H groups in total. The Bertz CT molecular complexity index is 1120. The van der Waals surface area contributed by atoms with Gasteiger partial charge < -0.3 is 8.82 Å². The Morgan fingerprint density at radius 3 is 2.96 bits per heavy atom. The topological polar surface area (TPSA) is 80.0 Å². The molecular formula is C19H14FN5O. The fourth-order valence-corrected chi connectivity index (χ4v) is 2.77. The van der Waals surface area contributed by atoms with Gasteiger partial charge in [0.1, 0.15) is 23.6 Å². The predicted octanol–water partition coefficient (Wildman–Crippen LogP) is 3.82. The lowest BCUT2D eigenvalue weighted by molar-refractivity contribution is 0.332. The quantitative estimate of drug-likeness (QED) is 0.560. The van der Waals surface area contributed by atoms with Crippen LogP contribution in [-0.2, 0) is 6.42 Å². The van der Waals surface area contributed by atoms with E-state index in [1.165, 1.54) is 6.92 Å². The van der Waals surface area contributed by atoms with E-state index in [1.54, 1.807) is 24.5 Å². The van der Waals surface area contributed by atoms with Crippen LogP contribution in [0.5, 0.6) is 0 Å². The third-order valence-corrected chi connectivity index (χ3v) is 3.96. The molecule has 0 spiro atoms. The van der Waals surface area contributed by atoms with Crippen LogP contribution in [0.2, 0.25) is 0 Å². The van der Waals surface area contributed by atoms with Crippen molar-refractivity contribution in [2.75, 3.05) is 0 Å². The van der Waals surface area contributed by atoms with Crippen molar-refractivity contribution in [1.29, 1.82) is 5.26 Å². The summed E-state index contributed by atoms with van der Waals surface area (Å²) in [5.41, 5.74) is 3.13. The summed E-state index contributed by atoms with van der Waals surface area (Å²) in [6.07, 6.45) is 6.05. The van der Waals surface area contributed by atoms with Crippen LogP contribution in [0.15, 0.2) is 53.5 Å². The SMILES string of the molecule is CC(F)Cc1ncc(-c2ccc(C#N)nc2-c2ccn3ccnc3c2)o1. The molecular weight excluding hydrogens is 333 g/mol. The van der Waals surface area contributed by atoms with Crippen molar-refractivity contribution in [3.63, 3.8) is 0 Å². The van der Waals surface area contributed by atoms with Crippen LogP contribution in [0.4, 0.5) is 4.39 Å². The molecule has 0 radical (unpaired) electrons. The minimum absolute atomic E-state index is 0.110. The summed E-state index contributed by atoms with van der Waals surface area (Å²) in [6, 6.07) is 9.21. The van der Waals surface area contributed by atoms with Gasteiger partial charge in [-0.1, -0.05) is 0 Å². The first-order chi connectivity index (χ1) is 12.6. The number of hydrogen-bond donors (Lipinski definition) is 0. The molecule has 6 nitrogen and oxygen atoms in total. The van der Waals surface area contributed by atoms with Crippen molar-refractivity contribution in [2.24, 2.45) is 0 Å². The van der Waals surface area contributed by atoms with Gasteiger partial charge in [0.15, 0.2) is 11.7 Å². The number of nitrogens with zero attached hydrogens (tertiary/aromatic N) is 5. The van der Waals surface area contributed by atoms with Gasteiger partial charge in [0, 0.05) is 29.7 Å². The molecule has 0 saturated carbocycles. The first-order valence-electron chi connectivity index (χ1n) is 8.07. The summed E-state index contributed by atoms with van der Waals surface area (Å²) in [5.74, 6) is 0.810. The van der Waals surface area contributed by atoms with E-state index in [9.17, 15) is 9.65 Å². The third kappa shape index (κ3) is 2.93. The first kappa shape index (κ1) is 16.0. The molecule has 4 rings (SSSR count). The molecule has 0 fully saturated rings. The zero-order chi connectivity index (χ0) is 18.1. The Labute approximate surface area is 148 Å². The van der Waals surface area contributed by atoms with Gasteiger partial charge >= 0.3 is 0 Å². The minimum atomic E-state index is -1.04. The Hall–Kier alpha value is -3.53. The number of pyridine rings is 2. The van der Waals surface area contributed by atoms with E-state index in [-0.39, 0.29) is 6.42 Å². The van der Waals surface area contributed by atoms with Crippen LogP contribution >= 0.6 is 0 Å². The molecule has 0 saturated heterocycles. The molecule has 26 heavy (non-hydrogen) atoms. The van der Waals surface area contributed by atoms with Crippen molar-refractivity contribution in [1.82, 2.24) is 19.4 Å². The summed E-state index contributed by atoms with van der Waals surface area (Å²) < 4.78 is 20.8. The Morgan fingerprint density at radius 1 is 1.27 bits per heavy atom. The fraction of sp³-hybridized carbons (Fsp3) is 0.158. The highest BCUT2D eigenvalue weighted by molar-refractivity contribution is 5.79. The minimum Gasteiger partial charge on any atom is -0.441 e. The molecule has 4 heterocycles. The molecule has 0 aliphatic rings. The molecule has 7 heteroatoms. The molecule has 0 bridgehead atoms. The van der Waals surface area contributed by atoms with Crippen molar-refractivity contribution in [2.45, 2.75) is 19.5 Å². The standard InChI is InChI=1S/C19H14FN5O/c1-12(20)8-18-23-11-16(26-18)15-3-2-14(10-21)24-19(15)13-4-6-25-7-5-22-17(25)9-13/h2-7,9,11-12H,8H2,1H3. The van der Waals surface area contributed by atoms with Crippen LogP contribution in [0.25, 0.3) is 28.2 Å². The summed E-state index contributed by atoms with van der Waals surface area (Å²) >= 11 is 0. The monoisotopic (exact) mass is 347 g/mol. The maximum Gasteiger partial charge on any atom is 0.197 e. The largest absolute Gasteiger partial charge is 0.441 e. The van der Waals surface area contributed by atoms with Crippen molar-refractivity contribution in [3.05, 3.63) is 60.6 Å². The molecule has 0 aliphatic heterocycles. The van der Waals surface area contributed by atoms with E-state index in [1.807, 2.05) is 28.9 Å². The molecule has 4 aromatic rings. The lowest BCUT2D eigenvalue weighted by Crippen LogP contribution is -1.97. The second-order valence-corrected chi connectivity index (χ2v) is 5.92. The number of rotatable bonds is 4. The highest BCUT2D eigenvalue weighted by atomic mass is 19.1. The van der Waals surface area contributed by atoms with Crippen LogP contribution in [0.1, 0.15) is 18.5 Å². The zero-order valence-electron chi connectivity index (χ0n) is 13.9. The highest BCUT2D eigenvalue weighted by Crippen LogP contribution is 2.32. The van der Waals surface area contributed by atoms with E-state index in [0.717, 1.165) is 11.2 Å². The van der Waals surface area contributed by atoms with E-state index >= 15 is 0 Å². The Morgan fingerprint density at radius 2 is 2.15 bits per heavy atom. The van der Waals surface area contributed by atoms with Gasteiger partial charge in [-0.2, -0.15) is 5.26 Å². The number of fused-ring (bicyclic) bond motifs is 1. The average Bonchev–Trinajstić information content (AvgIpc) is 3.29. The highest BCUT2D eigenvalue weighted by Gasteiger charge is 2.16. The number of nitriles is 1. The third-order valence-electron chi connectivity index (χ3n) is 3.96. The van der Waals surface area contributed by atoms with E-state index < -0.39 is 6.17 Å². The molecule has 128 valence electrons.